The van der Waals surface area contributed by atoms with E-state index in [2.05, 4.69) is 5.32 Å². The first-order valence-corrected chi connectivity index (χ1v) is 16.1. The van der Waals surface area contributed by atoms with Gasteiger partial charge in [-0.15, -0.1) is 0 Å². The zero-order chi connectivity index (χ0) is 30.3. The van der Waals surface area contributed by atoms with Gasteiger partial charge in [0.25, 0.3) is 0 Å². The number of hydrogen-bond donors (Lipinski definition) is 1. The Morgan fingerprint density at radius 1 is 0.902 bits per heavy atom. The second-order valence-corrected chi connectivity index (χ2v) is 13.1. The second kappa shape index (κ2) is 14.4. The van der Waals surface area contributed by atoms with E-state index in [1.54, 1.807) is 0 Å². The molecule has 41 heavy (non-hydrogen) atoms. The number of amides is 2. The lowest BCUT2D eigenvalue weighted by molar-refractivity contribution is -0.140. The van der Waals surface area contributed by atoms with E-state index in [0.29, 0.717) is 6.42 Å². The van der Waals surface area contributed by atoms with Crippen molar-refractivity contribution in [3.05, 3.63) is 98.5 Å². The van der Waals surface area contributed by atoms with E-state index in [0.717, 1.165) is 27.3 Å². The third-order valence-electron chi connectivity index (χ3n) is 6.65. The molecule has 7 nitrogen and oxygen atoms in total. The molecule has 3 aromatic rings. The van der Waals surface area contributed by atoms with Crippen LogP contribution in [-0.2, 0) is 32.6 Å². The highest BCUT2D eigenvalue weighted by molar-refractivity contribution is 7.92. The fraction of sp³-hybridized carbons (Fsp3) is 0.333. The average molecular weight is 639 g/mol. The normalized spacial score (nSPS) is 12.9. The number of carbonyl (C=O) groups is 2. The van der Waals surface area contributed by atoms with Crippen molar-refractivity contribution in [2.75, 3.05) is 17.1 Å². The molecular formula is C30H34Cl3N3O4S. The van der Waals surface area contributed by atoms with Gasteiger partial charge >= 0.3 is 0 Å². The molecule has 0 saturated heterocycles. The third-order valence-corrected chi connectivity index (χ3v) is 8.80. The topological polar surface area (TPSA) is 86.8 Å². The van der Waals surface area contributed by atoms with Crippen LogP contribution in [0.2, 0.25) is 15.1 Å². The molecule has 0 bridgehead atoms. The number of carbonyl (C=O) groups excluding carboxylic acids is 2. The largest absolute Gasteiger partial charge is 0.352 e. The number of sulfonamides is 1. The van der Waals surface area contributed by atoms with E-state index in [-0.39, 0.29) is 45.7 Å². The summed E-state index contributed by atoms with van der Waals surface area (Å²) < 4.78 is 26.8. The summed E-state index contributed by atoms with van der Waals surface area (Å²) in [6.45, 7) is 5.26. The maximum absolute atomic E-state index is 14.2. The number of halogens is 3. The van der Waals surface area contributed by atoms with Gasteiger partial charge < -0.3 is 10.2 Å². The Hall–Kier alpha value is -2.78. The first kappa shape index (κ1) is 32.7. The molecule has 0 aliphatic rings. The van der Waals surface area contributed by atoms with Crippen LogP contribution in [0.1, 0.15) is 37.0 Å². The van der Waals surface area contributed by atoms with Crippen molar-refractivity contribution in [2.45, 2.75) is 52.2 Å². The van der Waals surface area contributed by atoms with Crippen molar-refractivity contribution in [3.63, 3.8) is 0 Å². The Labute approximate surface area is 257 Å². The van der Waals surface area contributed by atoms with Gasteiger partial charge in [0.15, 0.2) is 0 Å². The molecule has 0 fully saturated rings. The van der Waals surface area contributed by atoms with Gasteiger partial charge in [0.05, 0.1) is 27.0 Å². The molecule has 2 amide bonds. The Bertz CT molecular complexity index is 1490. The van der Waals surface area contributed by atoms with Gasteiger partial charge in [-0.2, -0.15) is 0 Å². The average Bonchev–Trinajstić information content (AvgIpc) is 2.91. The minimum Gasteiger partial charge on any atom is -0.352 e. The summed E-state index contributed by atoms with van der Waals surface area (Å²) in [5, 5.41) is 3.24. The van der Waals surface area contributed by atoms with Crippen LogP contribution in [0.3, 0.4) is 0 Å². The van der Waals surface area contributed by atoms with Crippen LogP contribution < -0.4 is 9.62 Å². The summed E-state index contributed by atoms with van der Waals surface area (Å²) in [6, 6.07) is 18.6. The molecule has 2 unspecified atom stereocenters. The Morgan fingerprint density at radius 3 is 2.15 bits per heavy atom. The van der Waals surface area contributed by atoms with Crippen molar-refractivity contribution >= 4 is 62.3 Å². The summed E-state index contributed by atoms with van der Waals surface area (Å²) in [5.74, 6) is -0.915. The first-order chi connectivity index (χ1) is 19.3. The fourth-order valence-corrected chi connectivity index (χ4v) is 5.85. The quantitative estimate of drug-likeness (QED) is 0.237. The number of anilines is 1. The molecule has 1 N–H and O–H groups in total. The van der Waals surface area contributed by atoms with Crippen molar-refractivity contribution < 1.29 is 18.0 Å². The first-order valence-electron chi connectivity index (χ1n) is 13.1. The molecule has 0 spiro atoms. The summed E-state index contributed by atoms with van der Waals surface area (Å²) in [5.41, 5.74) is 2.65. The molecule has 3 aromatic carbocycles. The summed E-state index contributed by atoms with van der Waals surface area (Å²) in [6.07, 6.45) is 1.90. The van der Waals surface area contributed by atoms with Crippen molar-refractivity contribution in [2.24, 2.45) is 0 Å². The summed E-state index contributed by atoms with van der Waals surface area (Å²) >= 11 is 18.6. The van der Waals surface area contributed by atoms with Crippen molar-refractivity contribution in [1.29, 1.82) is 0 Å². The minimum absolute atomic E-state index is 0.0103. The molecule has 0 radical (unpaired) electrons. The highest BCUT2D eigenvalue weighted by atomic mass is 35.5. The lowest BCUT2D eigenvalue weighted by atomic mass is 10.0. The smallest absolute Gasteiger partial charge is 0.244 e. The fourth-order valence-electron chi connectivity index (χ4n) is 4.30. The number of nitrogens with one attached hydrogen (secondary N) is 1. The standard InChI is InChI=1S/C30H34Cl3N3O4S/c1-5-21(3)34-30(38)28(15-22-11-7-6-8-12-22)35(18-23-13-9-10-20(2)14-23)29(37)19-36(41(4,39)40)27-17-25(32)24(31)16-26(27)33/h6-14,16-17,21,28H,5,15,18-19H2,1-4H3,(H,34,38). The molecule has 3 rings (SSSR count). The lowest BCUT2D eigenvalue weighted by Crippen LogP contribution is -2.54. The molecular weight excluding hydrogens is 605 g/mol. The highest BCUT2D eigenvalue weighted by Gasteiger charge is 2.34. The zero-order valence-corrected chi connectivity index (χ0v) is 26.5. The van der Waals surface area contributed by atoms with E-state index in [9.17, 15) is 18.0 Å². The van der Waals surface area contributed by atoms with Crippen LogP contribution >= 0.6 is 34.8 Å². The predicted molar refractivity (Wildman–Crippen MR) is 167 cm³/mol. The van der Waals surface area contributed by atoms with E-state index in [4.69, 9.17) is 34.8 Å². The van der Waals surface area contributed by atoms with Gasteiger partial charge in [-0.3, -0.25) is 13.9 Å². The van der Waals surface area contributed by atoms with Crippen molar-refractivity contribution in [1.82, 2.24) is 10.2 Å². The van der Waals surface area contributed by atoms with Crippen LogP contribution in [-0.4, -0.2) is 50.0 Å². The molecule has 220 valence electrons. The number of hydrogen-bond acceptors (Lipinski definition) is 4. The monoisotopic (exact) mass is 637 g/mol. The van der Waals surface area contributed by atoms with Gasteiger partial charge in [0, 0.05) is 19.0 Å². The van der Waals surface area contributed by atoms with Crippen LogP contribution in [0.4, 0.5) is 5.69 Å². The van der Waals surface area contributed by atoms with E-state index >= 15 is 0 Å². The van der Waals surface area contributed by atoms with E-state index in [1.807, 2.05) is 75.4 Å². The van der Waals surface area contributed by atoms with Gasteiger partial charge in [-0.25, -0.2) is 8.42 Å². The van der Waals surface area contributed by atoms with Gasteiger partial charge in [0.1, 0.15) is 12.6 Å². The molecule has 0 aliphatic heterocycles. The van der Waals surface area contributed by atoms with Crippen molar-refractivity contribution in [3.8, 4) is 0 Å². The molecule has 0 saturated carbocycles. The maximum Gasteiger partial charge on any atom is 0.244 e. The zero-order valence-electron chi connectivity index (χ0n) is 23.4. The van der Waals surface area contributed by atoms with Crippen LogP contribution in [0.25, 0.3) is 0 Å². The van der Waals surface area contributed by atoms with E-state index < -0.39 is 28.5 Å². The Morgan fingerprint density at radius 2 is 1.54 bits per heavy atom. The predicted octanol–water partition coefficient (Wildman–Crippen LogP) is 6.28. The molecule has 2 atom stereocenters. The maximum atomic E-state index is 14.2. The molecule has 0 heterocycles. The third kappa shape index (κ3) is 9.10. The van der Waals surface area contributed by atoms with E-state index in [1.165, 1.54) is 17.0 Å². The van der Waals surface area contributed by atoms with Gasteiger partial charge in [-0.1, -0.05) is 102 Å². The minimum atomic E-state index is -4.01. The second-order valence-electron chi connectivity index (χ2n) is 10.0. The Balaban J connectivity index is 2.10. The van der Waals surface area contributed by atoms with Crippen LogP contribution in [0, 0.1) is 6.92 Å². The van der Waals surface area contributed by atoms with Gasteiger partial charge in [-0.05, 0) is 43.5 Å². The number of aryl methyl sites for hydroxylation is 1. The highest BCUT2D eigenvalue weighted by Crippen LogP contribution is 2.35. The molecule has 11 heteroatoms. The number of rotatable bonds is 12. The summed E-state index contributed by atoms with van der Waals surface area (Å²) in [7, 11) is -4.01. The number of benzene rings is 3. The van der Waals surface area contributed by atoms with Gasteiger partial charge in [0.2, 0.25) is 21.8 Å². The summed E-state index contributed by atoms with van der Waals surface area (Å²) in [4.78, 5) is 29.3. The number of nitrogens with zero attached hydrogens (tertiary/aromatic N) is 2. The molecule has 0 aromatic heterocycles. The SMILES string of the molecule is CCC(C)NC(=O)C(Cc1ccccc1)N(Cc1cccc(C)c1)C(=O)CN(c1cc(Cl)c(Cl)cc1Cl)S(C)(=O)=O. The molecule has 0 aliphatic carbocycles. The lowest BCUT2D eigenvalue weighted by Gasteiger charge is -2.34. The van der Waals surface area contributed by atoms with Crippen LogP contribution in [0.5, 0.6) is 0 Å². The van der Waals surface area contributed by atoms with Crippen LogP contribution in [0.15, 0.2) is 66.7 Å². The Kier molecular flexibility index (Phi) is 11.5.